The summed E-state index contributed by atoms with van der Waals surface area (Å²) in [6.07, 6.45) is 5.66. The number of para-hydroxylation sites is 3. The van der Waals surface area contributed by atoms with E-state index in [1.165, 1.54) is 10.8 Å². The SMILES string of the molecule is [Pt+2].[c-]1c(-n2cccn2)cccc1-n1c2[c-]c(-n3cc(-n4c5ccccc5c5ccccc54)nn3)ccc2c2ccccc21. The van der Waals surface area contributed by atoms with Crippen LogP contribution in [0.2, 0.25) is 0 Å². The van der Waals surface area contributed by atoms with Crippen LogP contribution in [0.25, 0.3) is 66.5 Å². The maximum absolute atomic E-state index is 4.61. The van der Waals surface area contributed by atoms with Crippen LogP contribution in [0.4, 0.5) is 0 Å². The van der Waals surface area contributed by atoms with Crippen molar-refractivity contribution < 1.29 is 21.1 Å². The van der Waals surface area contributed by atoms with E-state index in [1.807, 2.05) is 41.3 Å². The van der Waals surface area contributed by atoms with Crippen LogP contribution in [0, 0.1) is 12.1 Å². The van der Waals surface area contributed by atoms with Gasteiger partial charge in [0.1, 0.15) is 0 Å². The van der Waals surface area contributed by atoms with Crippen molar-refractivity contribution in [1.29, 1.82) is 0 Å². The smallest absolute Gasteiger partial charge is 0.358 e. The van der Waals surface area contributed by atoms with E-state index in [9.17, 15) is 0 Å². The Balaban J connectivity index is 0.00000278. The van der Waals surface area contributed by atoms with Gasteiger partial charge in [0.25, 0.3) is 0 Å². The van der Waals surface area contributed by atoms with Crippen LogP contribution in [0.15, 0.2) is 128 Å². The average molecular weight is 735 g/mol. The summed E-state index contributed by atoms with van der Waals surface area (Å²) in [6.45, 7) is 0. The van der Waals surface area contributed by atoms with Gasteiger partial charge in [-0.1, -0.05) is 71.0 Å². The molecule has 206 valence electrons. The fourth-order valence-electron chi connectivity index (χ4n) is 6.03. The molecule has 9 rings (SSSR count). The molecule has 43 heavy (non-hydrogen) atoms. The van der Waals surface area contributed by atoms with Crippen LogP contribution in [0.1, 0.15) is 0 Å². The van der Waals surface area contributed by atoms with Crippen molar-refractivity contribution in [2.24, 2.45) is 0 Å². The van der Waals surface area contributed by atoms with Gasteiger partial charge in [0, 0.05) is 28.7 Å². The molecule has 0 spiro atoms. The van der Waals surface area contributed by atoms with Gasteiger partial charge in [-0.25, -0.2) is 4.68 Å². The number of aromatic nitrogens is 7. The Morgan fingerprint density at radius 2 is 1.14 bits per heavy atom. The largest absolute Gasteiger partial charge is 2.00 e. The number of benzene rings is 5. The first kappa shape index (κ1) is 25.4. The summed E-state index contributed by atoms with van der Waals surface area (Å²) in [4.78, 5) is 0. The van der Waals surface area contributed by atoms with Crippen LogP contribution in [-0.4, -0.2) is 33.9 Å². The Hall–Kier alpha value is -5.26. The molecule has 5 aromatic carbocycles. The monoisotopic (exact) mass is 734 g/mol. The van der Waals surface area contributed by atoms with E-state index in [4.69, 9.17) is 0 Å². The van der Waals surface area contributed by atoms with Gasteiger partial charge in [-0.15, -0.1) is 40.8 Å². The Kier molecular flexibility index (Phi) is 5.88. The van der Waals surface area contributed by atoms with E-state index >= 15 is 0 Å². The number of fused-ring (bicyclic) bond motifs is 6. The molecule has 0 bridgehead atoms. The van der Waals surface area contributed by atoms with E-state index in [0.717, 1.165) is 55.7 Å². The third kappa shape index (κ3) is 3.89. The molecule has 0 unspecified atom stereocenters. The number of hydrogen-bond donors (Lipinski definition) is 0. The summed E-state index contributed by atoms with van der Waals surface area (Å²) in [6, 6.07) is 44.6. The minimum atomic E-state index is 0. The molecule has 0 atom stereocenters. The van der Waals surface area contributed by atoms with Crippen molar-refractivity contribution in [3.05, 3.63) is 140 Å². The van der Waals surface area contributed by atoms with Crippen LogP contribution >= 0.6 is 0 Å². The molecule has 0 saturated carbocycles. The normalized spacial score (nSPS) is 11.5. The molecule has 0 saturated heterocycles. The van der Waals surface area contributed by atoms with Crippen molar-refractivity contribution in [3.63, 3.8) is 0 Å². The standard InChI is InChI=1S/C35H21N7.Pt/c1-4-14-31-29(13-1)30-18-17-25(22-34(30)41(31)26-10-7-9-24(21-26)39-20-8-19-36-39)40-23-35(37-38-40)42-32-15-5-2-11-27(32)28-12-3-6-16-33(28)42;/h1-20,23H;/q-2;+2. The minimum Gasteiger partial charge on any atom is -0.358 e. The zero-order valence-electron chi connectivity index (χ0n) is 22.6. The maximum Gasteiger partial charge on any atom is 2.00 e. The average Bonchev–Trinajstić information content (AvgIpc) is 3.85. The second-order valence-electron chi connectivity index (χ2n) is 10.2. The van der Waals surface area contributed by atoms with Crippen LogP contribution in [0.5, 0.6) is 0 Å². The molecule has 0 radical (unpaired) electrons. The Labute approximate surface area is 260 Å². The van der Waals surface area contributed by atoms with E-state index in [0.29, 0.717) is 0 Å². The van der Waals surface area contributed by atoms with Gasteiger partial charge < -0.3 is 4.57 Å². The molecule has 0 N–H and O–H groups in total. The summed E-state index contributed by atoms with van der Waals surface area (Å²) in [5.74, 6) is 0.752. The quantitative estimate of drug-likeness (QED) is 0.179. The van der Waals surface area contributed by atoms with Gasteiger partial charge in [0.05, 0.1) is 17.2 Å². The van der Waals surface area contributed by atoms with E-state index in [1.54, 1.807) is 10.9 Å². The molecule has 7 nitrogen and oxygen atoms in total. The van der Waals surface area contributed by atoms with Crippen molar-refractivity contribution in [3.8, 4) is 22.9 Å². The van der Waals surface area contributed by atoms with Gasteiger partial charge in [-0.2, -0.15) is 17.2 Å². The summed E-state index contributed by atoms with van der Waals surface area (Å²) >= 11 is 0. The second kappa shape index (κ2) is 9.93. The van der Waals surface area contributed by atoms with Crippen molar-refractivity contribution in [2.75, 3.05) is 0 Å². The Bertz CT molecular complexity index is 2380. The Morgan fingerprint density at radius 1 is 0.512 bits per heavy atom. The van der Waals surface area contributed by atoms with E-state index < -0.39 is 0 Å². The molecule has 9 aromatic rings. The first-order valence-corrected chi connectivity index (χ1v) is 13.7. The molecule has 8 heteroatoms. The zero-order chi connectivity index (χ0) is 27.6. The first-order chi connectivity index (χ1) is 20.8. The molecular formula is C35H21N7Pt. The summed E-state index contributed by atoms with van der Waals surface area (Å²) in [5, 5.41) is 18.2. The molecule has 0 amide bonds. The number of nitrogens with zero attached hydrogens (tertiary/aromatic N) is 7. The van der Waals surface area contributed by atoms with E-state index in [2.05, 4.69) is 122 Å². The van der Waals surface area contributed by atoms with E-state index in [-0.39, 0.29) is 21.1 Å². The summed E-state index contributed by atoms with van der Waals surface area (Å²) in [5.41, 5.74) is 6.79. The maximum atomic E-state index is 4.61. The van der Waals surface area contributed by atoms with Gasteiger partial charge in [0.15, 0.2) is 5.82 Å². The third-order valence-electron chi connectivity index (χ3n) is 7.86. The number of rotatable bonds is 4. The predicted octanol–water partition coefficient (Wildman–Crippen LogP) is 7.25. The van der Waals surface area contributed by atoms with Crippen molar-refractivity contribution in [1.82, 2.24) is 33.9 Å². The molecular weight excluding hydrogens is 714 g/mol. The zero-order valence-corrected chi connectivity index (χ0v) is 24.8. The molecule has 0 aliphatic carbocycles. The topological polar surface area (TPSA) is 58.4 Å². The molecule has 0 aliphatic rings. The second-order valence-corrected chi connectivity index (χ2v) is 10.2. The van der Waals surface area contributed by atoms with Crippen molar-refractivity contribution in [2.45, 2.75) is 0 Å². The van der Waals surface area contributed by atoms with Crippen LogP contribution in [-0.2, 0) is 21.1 Å². The molecule has 0 fully saturated rings. The van der Waals surface area contributed by atoms with Crippen LogP contribution < -0.4 is 0 Å². The number of hydrogen-bond acceptors (Lipinski definition) is 3. The van der Waals surface area contributed by atoms with Gasteiger partial charge >= 0.3 is 21.1 Å². The Morgan fingerprint density at radius 3 is 1.84 bits per heavy atom. The van der Waals surface area contributed by atoms with Gasteiger partial charge in [0.2, 0.25) is 0 Å². The minimum absolute atomic E-state index is 0. The fraction of sp³-hybridized carbons (Fsp3) is 0. The first-order valence-electron chi connectivity index (χ1n) is 13.7. The molecule has 4 heterocycles. The summed E-state index contributed by atoms with van der Waals surface area (Å²) < 4.78 is 7.98. The van der Waals surface area contributed by atoms with Gasteiger partial charge in [-0.3, -0.25) is 9.25 Å². The predicted molar refractivity (Wildman–Crippen MR) is 165 cm³/mol. The summed E-state index contributed by atoms with van der Waals surface area (Å²) in [7, 11) is 0. The van der Waals surface area contributed by atoms with Crippen LogP contribution in [0.3, 0.4) is 0 Å². The van der Waals surface area contributed by atoms with Crippen molar-refractivity contribution >= 4 is 43.6 Å². The fourth-order valence-corrected chi connectivity index (χ4v) is 6.03. The third-order valence-corrected chi connectivity index (χ3v) is 7.86. The van der Waals surface area contributed by atoms with Gasteiger partial charge in [-0.05, 0) is 41.0 Å². The molecule has 0 aliphatic heterocycles. The molecule has 4 aromatic heterocycles.